The first kappa shape index (κ1) is 21.2. The molecule has 1 aromatic carbocycles. The predicted octanol–water partition coefficient (Wildman–Crippen LogP) is 1.71. The number of carboxylic acid groups (broad SMARTS) is 1. The molecule has 0 fully saturated rings. The van der Waals surface area contributed by atoms with E-state index in [0.717, 1.165) is 5.56 Å². The number of carbonyl (C=O) groups excluding carboxylic acids is 2. The van der Waals surface area contributed by atoms with E-state index in [1.807, 2.05) is 13.8 Å². The second-order valence-electron chi connectivity index (χ2n) is 6.73. The molecule has 3 amide bonds. The molecule has 1 aliphatic rings. The normalized spacial score (nSPS) is 13.9. The van der Waals surface area contributed by atoms with E-state index in [-0.39, 0.29) is 43.1 Å². The van der Waals surface area contributed by atoms with E-state index in [9.17, 15) is 18.8 Å². The third kappa shape index (κ3) is 5.97. The van der Waals surface area contributed by atoms with E-state index in [1.165, 1.54) is 4.90 Å². The minimum atomic E-state index is -1.25. The van der Waals surface area contributed by atoms with Gasteiger partial charge in [0.05, 0.1) is 12.9 Å². The monoisotopic (exact) mass is 393 g/mol. The van der Waals surface area contributed by atoms with Gasteiger partial charge in [-0.05, 0) is 44.0 Å². The summed E-state index contributed by atoms with van der Waals surface area (Å²) in [5, 5.41) is 13.4. The van der Waals surface area contributed by atoms with Crippen LogP contribution in [-0.4, -0.2) is 60.2 Å². The molecule has 0 radical (unpaired) electrons. The van der Waals surface area contributed by atoms with Gasteiger partial charge >= 0.3 is 6.09 Å². The van der Waals surface area contributed by atoms with E-state index in [1.54, 1.807) is 18.2 Å². The zero-order valence-corrected chi connectivity index (χ0v) is 15.8. The molecule has 1 aromatic rings. The molecule has 0 bridgehead atoms. The van der Waals surface area contributed by atoms with Gasteiger partial charge in [-0.2, -0.15) is 0 Å². The fourth-order valence-corrected chi connectivity index (χ4v) is 2.78. The average molecular weight is 393 g/mol. The number of carbonyl (C=O) groups is 3. The molecular formula is C19H24FN3O5. The Morgan fingerprint density at radius 2 is 2.14 bits per heavy atom. The number of fused-ring (bicyclic) bond motifs is 1. The van der Waals surface area contributed by atoms with E-state index in [0.29, 0.717) is 30.6 Å². The summed E-state index contributed by atoms with van der Waals surface area (Å²) in [5.74, 6) is 0.0289. The van der Waals surface area contributed by atoms with Crippen molar-refractivity contribution in [2.24, 2.45) is 0 Å². The second-order valence-corrected chi connectivity index (χ2v) is 6.73. The number of hydrogen-bond acceptors (Lipinski definition) is 4. The minimum absolute atomic E-state index is 0.00773. The molecule has 0 saturated heterocycles. The van der Waals surface area contributed by atoms with Gasteiger partial charge in [0.1, 0.15) is 12.4 Å². The Balaban J connectivity index is 1.98. The fraction of sp³-hybridized carbons (Fsp3) is 0.421. The van der Waals surface area contributed by atoms with Crippen LogP contribution in [0.15, 0.2) is 30.1 Å². The summed E-state index contributed by atoms with van der Waals surface area (Å²) in [5.41, 5.74) is 1.43. The SMILES string of the molecule is CC(C)NC(=O)CN1CCc2cc(OC/C(=C\F)CNC(=O)O)ccc2C1=O. The Hall–Kier alpha value is -3.10. The van der Waals surface area contributed by atoms with Crippen LogP contribution >= 0.6 is 0 Å². The highest BCUT2D eigenvalue weighted by atomic mass is 19.1. The molecule has 9 heteroatoms. The largest absolute Gasteiger partial charge is 0.489 e. The van der Waals surface area contributed by atoms with Crippen LogP contribution in [0.5, 0.6) is 5.75 Å². The van der Waals surface area contributed by atoms with E-state index in [2.05, 4.69) is 10.6 Å². The van der Waals surface area contributed by atoms with Crippen molar-refractivity contribution in [1.29, 1.82) is 0 Å². The number of hydrogen-bond donors (Lipinski definition) is 3. The van der Waals surface area contributed by atoms with Crippen LogP contribution in [0.3, 0.4) is 0 Å². The molecule has 0 spiro atoms. The third-order valence-corrected chi connectivity index (χ3v) is 4.07. The maximum Gasteiger partial charge on any atom is 0.404 e. The topological polar surface area (TPSA) is 108 Å². The molecule has 3 N–H and O–H groups in total. The van der Waals surface area contributed by atoms with Crippen LogP contribution in [0.25, 0.3) is 0 Å². The maximum atomic E-state index is 12.8. The Bertz CT molecular complexity index is 779. The number of halogens is 1. The Morgan fingerprint density at radius 3 is 2.79 bits per heavy atom. The quantitative estimate of drug-likeness (QED) is 0.623. The van der Waals surface area contributed by atoms with Crippen LogP contribution < -0.4 is 15.4 Å². The molecule has 0 atom stereocenters. The number of benzene rings is 1. The zero-order valence-electron chi connectivity index (χ0n) is 15.8. The van der Waals surface area contributed by atoms with Gasteiger partial charge in [-0.1, -0.05) is 0 Å². The van der Waals surface area contributed by atoms with Crippen molar-refractivity contribution in [3.05, 3.63) is 41.2 Å². The third-order valence-electron chi connectivity index (χ3n) is 4.07. The molecule has 28 heavy (non-hydrogen) atoms. The maximum absolute atomic E-state index is 12.8. The first-order valence-electron chi connectivity index (χ1n) is 8.89. The Labute approximate surface area is 162 Å². The number of nitrogens with one attached hydrogen (secondary N) is 2. The minimum Gasteiger partial charge on any atom is -0.489 e. The summed E-state index contributed by atoms with van der Waals surface area (Å²) in [7, 11) is 0. The first-order valence-corrected chi connectivity index (χ1v) is 8.89. The Kier molecular flexibility index (Phi) is 7.36. The highest BCUT2D eigenvalue weighted by molar-refractivity contribution is 5.98. The molecule has 0 saturated carbocycles. The summed E-state index contributed by atoms with van der Waals surface area (Å²) in [6.45, 7) is 3.84. The van der Waals surface area contributed by atoms with Crippen LogP contribution in [0.1, 0.15) is 29.8 Å². The van der Waals surface area contributed by atoms with Gasteiger partial charge in [-0.3, -0.25) is 9.59 Å². The Morgan fingerprint density at radius 1 is 1.39 bits per heavy atom. The molecule has 0 aromatic heterocycles. The zero-order chi connectivity index (χ0) is 20.7. The first-order chi connectivity index (χ1) is 13.3. The number of nitrogens with zero attached hydrogens (tertiary/aromatic N) is 1. The summed E-state index contributed by atoms with van der Waals surface area (Å²) in [6.07, 6.45) is -0.379. The fourth-order valence-electron chi connectivity index (χ4n) is 2.78. The van der Waals surface area contributed by atoms with Crippen molar-refractivity contribution in [2.75, 3.05) is 26.2 Å². The van der Waals surface area contributed by atoms with Crippen LogP contribution in [0, 0.1) is 0 Å². The average Bonchev–Trinajstić information content (AvgIpc) is 2.63. The van der Waals surface area contributed by atoms with E-state index >= 15 is 0 Å². The standard InChI is InChI=1S/C19H24FN3O5/c1-12(2)22-17(24)10-23-6-5-14-7-15(3-4-16(14)18(23)25)28-11-13(8-20)9-21-19(26)27/h3-4,7-8,12,21H,5-6,9-11H2,1-2H3,(H,22,24)(H,26,27)/b13-8-. The van der Waals surface area contributed by atoms with Crippen molar-refractivity contribution >= 4 is 17.9 Å². The number of rotatable bonds is 8. The highest BCUT2D eigenvalue weighted by Crippen LogP contribution is 2.24. The molecule has 0 unspecified atom stereocenters. The smallest absolute Gasteiger partial charge is 0.404 e. The number of amides is 3. The molecule has 1 heterocycles. The van der Waals surface area contributed by atoms with Gasteiger partial charge in [-0.15, -0.1) is 0 Å². The lowest BCUT2D eigenvalue weighted by Crippen LogP contribution is -2.45. The van der Waals surface area contributed by atoms with Crippen molar-refractivity contribution in [3.8, 4) is 5.75 Å². The number of ether oxygens (including phenoxy) is 1. The van der Waals surface area contributed by atoms with Crippen molar-refractivity contribution in [1.82, 2.24) is 15.5 Å². The summed E-state index contributed by atoms with van der Waals surface area (Å²) in [6, 6.07) is 4.93. The summed E-state index contributed by atoms with van der Waals surface area (Å²) < 4.78 is 18.3. The van der Waals surface area contributed by atoms with Crippen LogP contribution in [0.4, 0.5) is 9.18 Å². The highest BCUT2D eigenvalue weighted by Gasteiger charge is 2.26. The molecule has 0 aliphatic carbocycles. The van der Waals surface area contributed by atoms with Gasteiger partial charge in [0, 0.05) is 30.3 Å². The van der Waals surface area contributed by atoms with Gasteiger partial charge in [0.25, 0.3) is 5.91 Å². The predicted molar refractivity (Wildman–Crippen MR) is 100 cm³/mol. The lowest BCUT2D eigenvalue weighted by Gasteiger charge is -2.28. The van der Waals surface area contributed by atoms with Crippen LogP contribution in [0.2, 0.25) is 0 Å². The summed E-state index contributed by atoms with van der Waals surface area (Å²) >= 11 is 0. The molecule has 8 nitrogen and oxygen atoms in total. The van der Waals surface area contributed by atoms with Gasteiger partial charge in [0.15, 0.2) is 0 Å². The van der Waals surface area contributed by atoms with E-state index in [4.69, 9.17) is 9.84 Å². The van der Waals surface area contributed by atoms with Crippen molar-refractivity contribution in [2.45, 2.75) is 26.3 Å². The van der Waals surface area contributed by atoms with Gasteiger partial charge in [-0.25, -0.2) is 9.18 Å². The van der Waals surface area contributed by atoms with Crippen molar-refractivity contribution < 1.29 is 28.6 Å². The lowest BCUT2D eigenvalue weighted by molar-refractivity contribution is -0.122. The van der Waals surface area contributed by atoms with E-state index < -0.39 is 6.09 Å². The molecule has 1 aliphatic heterocycles. The van der Waals surface area contributed by atoms with Gasteiger partial charge in [0.2, 0.25) is 5.91 Å². The van der Waals surface area contributed by atoms with Gasteiger partial charge < -0.3 is 25.4 Å². The molecule has 152 valence electrons. The summed E-state index contributed by atoms with van der Waals surface area (Å²) in [4.78, 5) is 36.5. The second kappa shape index (κ2) is 9.72. The molecular weight excluding hydrogens is 369 g/mol. The molecule has 2 rings (SSSR count). The van der Waals surface area contributed by atoms with Crippen LogP contribution in [-0.2, 0) is 11.2 Å². The lowest BCUT2D eigenvalue weighted by atomic mass is 9.98. The van der Waals surface area contributed by atoms with Crippen molar-refractivity contribution in [3.63, 3.8) is 0 Å².